The van der Waals surface area contributed by atoms with Crippen molar-refractivity contribution in [3.8, 4) is 0 Å². The fourth-order valence-corrected chi connectivity index (χ4v) is 3.34. The Morgan fingerprint density at radius 1 is 1.00 bits per heavy atom. The lowest BCUT2D eigenvalue weighted by atomic mass is 10.2. The molecule has 0 bridgehead atoms. The molecule has 2 aromatic carbocycles. The highest BCUT2D eigenvalue weighted by Gasteiger charge is 2.37. The van der Waals surface area contributed by atoms with Crippen LogP contribution in [0.1, 0.15) is 34.7 Å². The smallest absolute Gasteiger partial charge is 0.258 e. The van der Waals surface area contributed by atoms with E-state index < -0.39 is 0 Å². The van der Waals surface area contributed by atoms with Gasteiger partial charge in [-0.05, 0) is 42.0 Å². The maximum Gasteiger partial charge on any atom is 0.258 e. The van der Waals surface area contributed by atoms with Gasteiger partial charge in [0.15, 0.2) is 0 Å². The van der Waals surface area contributed by atoms with E-state index in [1.54, 1.807) is 17.2 Å². The molecular formula is C22H20N4O2. The molecule has 6 heteroatoms. The third kappa shape index (κ3) is 3.57. The number of rotatable bonds is 5. The lowest BCUT2D eigenvalue weighted by Gasteiger charge is -2.26. The molecule has 0 aliphatic carbocycles. The maximum absolute atomic E-state index is 13.0. The third-order valence-corrected chi connectivity index (χ3v) is 4.60. The molecular weight excluding hydrogens is 352 g/mol. The van der Waals surface area contributed by atoms with Crippen molar-refractivity contribution in [2.45, 2.75) is 19.6 Å². The molecule has 1 atom stereocenters. The van der Waals surface area contributed by atoms with Gasteiger partial charge >= 0.3 is 0 Å². The average Bonchev–Trinajstić information content (AvgIpc) is 2.96. The van der Waals surface area contributed by atoms with E-state index in [2.05, 4.69) is 15.6 Å². The Morgan fingerprint density at radius 2 is 1.71 bits per heavy atom. The number of nitrogens with zero attached hydrogens (tertiary/aromatic N) is 2. The van der Waals surface area contributed by atoms with Gasteiger partial charge in [0.05, 0.1) is 11.3 Å². The van der Waals surface area contributed by atoms with Crippen LogP contribution in [0, 0.1) is 0 Å². The van der Waals surface area contributed by atoms with Crippen LogP contribution in [0.3, 0.4) is 0 Å². The second kappa shape index (κ2) is 7.52. The molecule has 4 rings (SSSR count). The van der Waals surface area contributed by atoms with Crippen LogP contribution in [0.25, 0.3) is 0 Å². The van der Waals surface area contributed by atoms with Crippen LogP contribution in [0.4, 0.5) is 11.4 Å². The zero-order chi connectivity index (χ0) is 19.5. The highest BCUT2D eigenvalue weighted by molar-refractivity contribution is 5.99. The first-order chi connectivity index (χ1) is 13.6. The van der Waals surface area contributed by atoms with Crippen LogP contribution < -0.4 is 10.6 Å². The minimum Gasteiger partial charge on any atom is -0.360 e. The second-order valence-electron chi connectivity index (χ2n) is 6.66. The van der Waals surface area contributed by atoms with Gasteiger partial charge in [-0.1, -0.05) is 30.3 Å². The molecule has 1 aromatic heterocycles. The summed E-state index contributed by atoms with van der Waals surface area (Å²) in [7, 11) is 0. The highest BCUT2D eigenvalue weighted by Crippen LogP contribution is 2.34. The van der Waals surface area contributed by atoms with Crippen LogP contribution in [0.5, 0.6) is 0 Å². The Bertz CT molecular complexity index is 1000. The van der Waals surface area contributed by atoms with Gasteiger partial charge in [-0.2, -0.15) is 0 Å². The van der Waals surface area contributed by atoms with Crippen LogP contribution in [-0.4, -0.2) is 21.7 Å². The van der Waals surface area contributed by atoms with Crippen LogP contribution >= 0.6 is 0 Å². The summed E-state index contributed by atoms with van der Waals surface area (Å²) in [6.07, 6.45) is 1.34. The van der Waals surface area contributed by atoms with Gasteiger partial charge in [0.1, 0.15) is 6.17 Å². The van der Waals surface area contributed by atoms with E-state index in [1.165, 1.54) is 6.92 Å². The third-order valence-electron chi connectivity index (χ3n) is 4.60. The largest absolute Gasteiger partial charge is 0.360 e. The summed E-state index contributed by atoms with van der Waals surface area (Å²) in [6, 6.07) is 20.9. The SMILES string of the molecule is CC(=O)Nc1ccc(N[C@@H]2c3ncccc3C(=O)N2Cc2ccccc2)cc1. The number of carbonyl (C=O) groups is 2. The minimum absolute atomic E-state index is 0.0423. The number of hydrogen-bond acceptors (Lipinski definition) is 4. The number of fused-ring (bicyclic) bond motifs is 1. The molecule has 2 amide bonds. The van der Waals surface area contributed by atoms with E-state index >= 15 is 0 Å². The Hall–Kier alpha value is -3.67. The van der Waals surface area contributed by atoms with Crippen molar-refractivity contribution in [3.63, 3.8) is 0 Å². The number of nitrogens with one attached hydrogen (secondary N) is 2. The molecule has 2 heterocycles. The predicted octanol–water partition coefficient (Wildman–Crippen LogP) is 3.81. The van der Waals surface area contributed by atoms with Crippen molar-refractivity contribution in [2.24, 2.45) is 0 Å². The van der Waals surface area contributed by atoms with Crippen molar-refractivity contribution >= 4 is 23.2 Å². The molecule has 1 aliphatic rings. The van der Waals surface area contributed by atoms with Crippen LogP contribution in [0.15, 0.2) is 72.9 Å². The molecule has 0 saturated carbocycles. The first kappa shape index (κ1) is 17.7. The quantitative estimate of drug-likeness (QED) is 0.714. The first-order valence-electron chi connectivity index (χ1n) is 9.06. The summed E-state index contributed by atoms with van der Waals surface area (Å²) in [4.78, 5) is 30.4. The van der Waals surface area contributed by atoms with Crippen molar-refractivity contribution in [2.75, 3.05) is 10.6 Å². The summed E-state index contributed by atoms with van der Waals surface area (Å²) >= 11 is 0. The van der Waals surface area contributed by atoms with E-state index in [1.807, 2.05) is 60.7 Å². The van der Waals surface area contributed by atoms with E-state index in [0.29, 0.717) is 12.1 Å². The monoisotopic (exact) mass is 372 g/mol. The maximum atomic E-state index is 13.0. The lowest BCUT2D eigenvalue weighted by Crippen LogP contribution is -2.32. The lowest BCUT2D eigenvalue weighted by molar-refractivity contribution is -0.114. The summed E-state index contributed by atoms with van der Waals surface area (Å²) in [6.45, 7) is 1.96. The molecule has 1 aliphatic heterocycles. The normalized spacial score (nSPS) is 15.2. The Kier molecular flexibility index (Phi) is 4.76. The van der Waals surface area contributed by atoms with E-state index in [9.17, 15) is 9.59 Å². The molecule has 3 aromatic rings. The van der Waals surface area contributed by atoms with Gasteiger partial charge in [0.2, 0.25) is 5.91 Å². The summed E-state index contributed by atoms with van der Waals surface area (Å²) in [5.74, 6) is -0.159. The second-order valence-corrected chi connectivity index (χ2v) is 6.66. The number of hydrogen-bond donors (Lipinski definition) is 2. The average molecular weight is 372 g/mol. The van der Waals surface area contributed by atoms with Gasteiger partial charge in [0.25, 0.3) is 5.91 Å². The molecule has 2 N–H and O–H groups in total. The van der Waals surface area contributed by atoms with Crippen LogP contribution in [-0.2, 0) is 11.3 Å². The first-order valence-corrected chi connectivity index (χ1v) is 9.06. The van der Waals surface area contributed by atoms with Gasteiger partial charge in [-0.15, -0.1) is 0 Å². The number of amides is 2. The number of aromatic nitrogens is 1. The van der Waals surface area contributed by atoms with Crippen molar-refractivity contribution < 1.29 is 9.59 Å². The molecule has 28 heavy (non-hydrogen) atoms. The number of benzene rings is 2. The topological polar surface area (TPSA) is 74.3 Å². The standard InChI is InChI=1S/C22H20N4O2/c1-15(27)24-17-9-11-18(12-10-17)25-21-20-19(8-5-13-23-20)22(28)26(21)14-16-6-3-2-4-7-16/h2-13,21,25H,14H2,1H3,(H,24,27)/t21-/m0/s1. The van der Waals surface area contributed by atoms with Gasteiger partial charge in [0, 0.05) is 31.0 Å². The number of anilines is 2. The number of carbonyl (C=O) groups excluding carboxylic acids is 2. The highest BCUT2D eigenvalue weighted by atomic mass is 16.2. The predicted molar refractivity (Wildman–Crippen MR) is 108 cm³/mol. The summed E-state index contributed by atoms with van der Waals surface area (Å²) < 4.78 is 0. The molecule has 0 radical (unpaired) electrons. The summed E-state index contributed by atoms with van der Waals surface area (Å²) in [5.41, 5.74) is 3.94. The van der Waals surface area contributed by atoms with Gasteiger partial charge in [-0.3, -0.25) is 14.6 Å². The molecule has 0 spiro atoms. The summed E-state index contributed by atoms with van der Waals surface area (Å²) in [5, 5.41) is 6.15. The molecule has 0 saturated heterocycles. The van der Waals surface area contributed by atoms with Gasteiger partial charge < -0.3 is 15.5 Å². The molecule has 140 valence electrons. The van der Waals surface area contributed by atoms with Crippen molar-refractivity contribution in [1.82, 2.24) is 9.88 Å². The van der Waals surface area contributed by atoms with Gasteiger partial charge in [-0.25, -0.2) is 0 Å². The molecule has 6 nitrogen and oxygen atoms in total. The molecule has 0 fully saturated rings. The van der Waals surface area contributed by atoms with E-state index in [-0.39, 0.29) is 18.0 Å². The fraction of sp³-hybridized carbons (Fsp3) is 0.136. The zero-order valence-electron chi connectivity index (χ0n) is 15.4. The Labute approximate surface area is 163 Å². The minimum atomic E-state index is -0.365. The number of pyridine rings is 1. The van der Waals surface area contributed by atoms with Crippen LogP contribution in [0.2, 0.25) is 0 Å². The van der Waals surface area contributed by atoms with E-state index in [4.69, 9.17) is 0 Å². The zero-order valence-corrected chi connectivity index (χ0v) is 15.4. The Balaban J connectivity index is 1.61. The van der Waals surface area contributed by atoms with E-state index in [0.717, 1.165) is 22.6 Å². The fourth-order valence-electron chi connectivity index (χ4n) is 3.34. The Morgan fingerprint density at radius 3 is 2.43 bits per heavy atom. The van der Waals surface area contributed by atoms with Crippen molar-refractivity contribution in [3.05, 3.63) is 89.7 Å². The van der Waals surface area contributed by atoms with Crippen molar-refractivity contribution in [1.29, 1.82) is 0 Å². The molecule has 0 unspecified atom stereocenters.